The lowest BCUT2D eigenvalue weighted by atomic mass is 10.1. The van der Waals surface area contributed by atoms with E-state index in [0.717, 1.165) is 27.8 Å². The van der Waals surface area contributed by atoms with Crippen molar-refractivity contribution in [3.63, 3.8) is 0 Å². The predicted molar refractivity (Wildman–Crippen MR) is 89.2 cm³/mol. The second kappa shape index (κ2) is 6.13. The topological polar surface area (TPSA) is 69.3 Å². The second-order valence-corrected chi connectivity index (χ2v) is 4.90. The highest BCUT2D eigenvalue weighted by Crippen LogP contribution is 2.19. The van der Waals surface area contributed by atoms with Crippen LogP contribution in [-0.2, 0) is 0 Å². The summed E-state index contributed by atoms with van der Waals surface area (Å²) in [7, 11) is 0. The van der Waals surface area contributed by atoms with E-state index in [0.29, 0.717) is 0 Å². The maximum absolute atomic E-state index is 11.7. The Morgan fingerprint density at radius 2 is 1.82 bits per heavy atom. The molecule has 0 fully saturated rings. The van der Waals surface area contributed by atoms with Crippen molar-refractivity contribution in [2.75, 3.05) is 5.32 Å². The summed E-state index contributed by atoms with van der Waals surface area (Å²) >= 11 is 0. The minimum Gasteiger partial charge on any atom is -0.358 e. The number of aryl methyl sites for hydroxylation is 1. The molecule has 0 aliphatic rings. The first kappa shape index (κ1) is 13.9. The van der Waals surface area contributed by atoms with Crippen LogP contribution >= 0.6 is 0 Å². The number of anilines is 1. The van der Waals surface area contributed by atoms with E-state index in [1.165, 1.54) is 0 Å². The molecule has 0 atom stereocenters. The molecule has 5 nitrogen and oxygen atoms in total. The van der Waals surface area contributed by atoms with Crippen LogP contribution in [0.25, 0.3) is 10.9 Å². The van der Waals surface area contributed by atoms with Crippen LogP contribution in [0.3, 0.4) is 0 Å². The Bertz CT molecular complexity index is 821. The van der Waals surface area contributed by atoms with Gasteiger partial charge < -0.3 is 10.3 Å². The van der Waals surface area contributed by atoms with E-state index in [1.807, 2.05) is 61.5 Å². The minimum atomic E-state index is -0.375. The summed E-state index contributed by atoms with van der Waals surface area (Å²) in [4.78, 5) is 15.0. The summed E-state index contributed by atoms with van der Waals surface area (Å²) in [6.45, 7) is 1.98. The maximum Gasteiger partial charge on any atom is 0.339 e. The monoisotopic (exact) mass is 292 g/mol. The molecule has 3 aromatic rings. The van der Waals surface area contributed by atoms with Crippen LogP contribution in [0.15, 0.2) is 59.7 Å². The van der Waals surface area contributed by atoms with Gasteiger partial charge in [0.15, 0.2) is 0 Å². The second-order valence-electron chi connectivity index (χ2n) is 4.90. The SMILES string of the molecule is Cc1[nH]c2ccccc2c1/C=N/NC(=O)Nc1ccccc1. The molecule has 3 N–H and O–H groups in total. The van der Waals surface area contributed by atoms with Gasteiger partial charge in [0, 0.05) is 27.8 Å². The van der Waals surface area contributed by atoms with E-state index in [-0.39, 0.29) is 6.03 Å². The number of carbonyl (C=O) groups excluding carboxylic acids is 1. The van der Waals surface area contributed by atoms with Gasteiger partial charge in [0.25, 0.3) is 0 Å². The number of benzene rings is 2. The molecule has 0 spiro atoms. The smallest absolute Gasteiger partial charge is 0.339 e. The highest BCUT2D eigenvalue weighted by atomic mass is 16.2. The van der Waals surface area contributed by atoms with E-state index in [1.54, 1.807) is 6.21 Å². The van der Waals surface area contributed by atoms with Crippen LogP contribution < -0.4 is 10.7 Å². The summed E-state index contributed by atoms with van der Waals surface area (Å²) in [6.07, 6.45) is 1.65. The van der Waals surface area contributed by atoms with Crippen LogP contribution in [0.1, 0.15) is 11.3 Å². The lowest BCUT2D eigenvalue weighted by molar-refractivity contribution is 0.252. The lowest BCUT2D eigenvalue weighted by Crippen LogP contribution is -2.24. The van der Waals surface area contributed by atoms with Gasteiger partial charge in [-0.1, -0.05) is 36.4 Å². The van der Waals surface area contributed by atoms with Gasteiger partial charge in [-0.3, -0.25) is 0 Å². The van der Waals surface area contributed by atoms with Crippen molar-refractivity contribution in [2.24, 2.45) is 5.10 Å². The van der Waals surface area contributed by atoms with Gasteiger partial charge in [0.1, 0.15) is 0 Å². The van der Waals surface area contributed by atoms with Gasteiger partial charge in [-0.25, -0.2) is 10.2 Å². The van der Waals surface area contributed by atoms with Crippen LogP contribution in [-0.4, -0.2) is 17.2 Å². The van der Waals surface area contributed by atoms with Crippen molar-refractivity contribution in [1.29, 1.82) is 0 Å². The number of hydrogen-bond acceptors (Lipinski definition) is 2. The normalized spacial score (nSPS) is 11.0. The number of aromatic amines is 1. The molecule has 0 radical (unpaired) electrons. The molecule has 1 aromatic heterocycles. The fourth-order valence-corrected chi connectivity index (χ4v) is 2.30. The summed E-state index contributed by atoms with van der Waals surface area (Å²) in [5.74, 6) is 0. The van der Waals surface area contributed by atoms with Crippen LogP contribution in [0.4, 0.5) is 10.5 Å². The summed E-state index contributed by atoms with van der Waals surface area (Å²) < 4.78 is 0. The molecule has 0 aliphatic heterocycles. The maximum atomic E-state index is 11.7. The number of rotatable bonds is 3. The van der Waals surface area contributed by atoms with E-state index >= 15 is 0 Å². The van der Waals surface area contributed by atoms with Crippen LogP contribution in [0, 0.1) is 6.92 Å². The predicted octanol–water partition coefficient (Wildman–Crippen LogP) is 3.63. The van der Waals surface area contributed by atoms with Gasteiger partial charge in [0.05, 0.1) is 6.21 Å². The van der Waals surface area contributed by atoms with Crippen molar-refractivity contribution in [2.45, 2.75) is 6.92 Å². The lowest BCUT2D eigenvalue weighted by Gasteiger charge is -2.03. The molecule has 110 valence electrons. The zero-order valence-electron chi connectivity index (χ0n) is 12.1. The van der Waals surface area contributed by atoms with Gasteiger partial charge in [-0.15, -0.1) is 0 Å². The van der Waals surface area contributed by atoms with Gasteiger partial charge >= 0.3 is 6.03 Å². The van der Waals surface area contributed by atoms with Crippen LogP contribution in [0.5, 0.6) is 0 Å². The molecule has 0 aliphatic carbocycles. The zero-order valence-corrected chi connectivity index (χ0v) is 12.1. The number of H-pyrrole nitrogens is 1. The average molecular weight is 292 g/mol. The number of nitrogens with zero attached hydrogens (tertiary/aromatic N) is 1. The molecule has 1 heterocycles. The number of hydrogen-bond donors (Lipinski definition) is 3. The van der Waals surface area contributed by atoms with Crippen LogP contribution in [0.2, 0.25) is 0 Å². The Kier molecular flexibility index (Phi) is 3.87. The molecule has 0 saturated heterocycles. The molecule has 5 heteroatoms. The number of fused-ring (bicyclic) bond motifs is 1. The van der Waals surface area contributed by atoms with Crippen molar-refractivity contribution in [3.05, 3.63) is 65.9 Å². The summed E-state index contributed by atoms with van der Waals surface area (Å²) in [5, 5.41) is 7.79. The van der Waals surface area contributed by atoms with Gasteiger partial charge in [0.2, 0.25) is 0 Å². The first-order valence-corrected chi connectivity index (χ1v) is 6.96. The van der Waals surface area contributed by atoms with Gasteiger partial charge in [-0.2, -0.15) is 5.10 Å². The Labute approximate surface area is 128 Å². The first-order chi connectivity index (χ1) is 10.7. The molecule has 22 heavy (non-hydrogen) atoms. The number of urea groups is 1. The minimum absolute atomic E-state index is 0.375. The van der Waals surface area contributed by atoms with Crippen molar-refractivity contribution < 1.29 is 4.79 Å². The number of amides is 2. The standard InChI is InChI=1S/C17H16N4O/c1-12-15(14-9-5-6-10-16(14)19-12)11-18-21-17(22)20-13-7-3-2-4-8-13/h2-11,19H,1H3,(H2,20,21,22)/b18-11+. The van der Waals surface area contributed by atoms with E-state index in [2.05, 4.69) is 20.8 Å². The summed E-state index contributed by atoms with van der Waals surface area (Å²) in [6, 6.07) is 16.8. The van der Waals surface area contributed by atoms with E-state index in [4.69, 9.17) is 0 Å². The highest BCUT2D eigenvalue weighted by molar-refractivity contribution is 6.01. The quantitative estimate of drug-likeness (QED) is 0.500. The van der Waals surface area contributed by atoms with Gasteiger partial charge in [-0.05, 0) is 25.1 Å². The number of hydrazone groups is 1. The number of para-hydroxylation sites is 2. The third kappa shape index (κ3) is 2.98. The third-order valence-electron chi connectivity index (χ3n) is 3.33. The first-order valence-electron chi connectivity index (χ1n) is 6.96. The molecule has 0 saturated carbocycles. The molecule has 2 aromatic carbocycles. The third-order valence-corrected chi connectivity index (χ3v) is 3.33. The Hall–Kier alpha value is -3.08. The fraction of sp³-hybridized carbons (Fsp3) is 0.0588. The summed E-state index contributed by atoms with van der Waals surface area (Å²) in [5.41, 5.74) is 6.22. The fourth-order valence-electron chi connectivity index (χ4n) is 2.30. The Morgan fingerprint density at radius 3 is 2.64 bits per heavy atom. The molecular weight excluding hydrogens is 276 g/mol. The molecular formula is C17H16N4O. The highest BCUT2D eigenvalue weighted by Gasteiger charge is 2.05. The van der Waals surface area contributed by atoms with Crippen molar-refractivity contribution in [1.82, 2.24) is 10.4 Å². The largest absolute Gasteiger partial charge is 0.358 e. The van der Waals surface area contributed by atoms with E-state index in [9.17, 15) is 4.79 Å². The molecule has 0 bridgehead atoms. The number of carbonyl (C=O) groups is 1. The number of nitrogens with one attached hydrogen (secondary N) is 3. The zero-order chi connectivity index (χ0) is 15.4. The molecule has 2 amide bonds. The Morgan fingerprint density at radius 1 is 1.09 bits per heavy atom. The average Bonchev–Trinajstić information content (AvgIpc) is 2.84. The Balaban J connectivity index is 1.69. The number of aromatic nitrogens is 1. The molecule has 3 rings (SSSR count). The molecule has 0 unspecified atom stereocenters. The van der Waals surface area contributed by atoms with E-state index < -0.39 is 0 Å². The van der Waals surface area contributed by atoms with Crippen molar-refractivity contribution in [3.8, 4) is 0 Å². The van der Waals surface area contributed by atoms with Crippen molar-refractivity contribution >= 4 is 28.8 Å².